The molecule has 2 aromatic heterocycles. The standard InChI is InChI=1S/C16H17N3O2/c20-15-11-18-8-3-14(15)16(21)19-9-4-13(5-10-19)12-1-6-17-7-2-12/h1-3,6-8,11,13,20H,4-5,9-10H2. The zero-order valence-corrected chi connectivity index (χ0v) is 11.6. The summed E-state index contributed by atoms with van der Waals surface area (Å²) in [6.07, 6.45) is 8.31. The van der Waals surface area contributed by atoms with Gasteiger partial charge in [0.15, 0.2) is 0 Å². The minimum absolute atomic E-state index is 0.0567. The summed E-state index contributed by atoms with van der Waals surface area (Å²) in [5, 5.41) is 9.72. The largest absolute Gasteiger partial charge is 0.505 e. The summed E-state index contributed by atoms with van der Waals surface area (Å²) in [4.78, 5) is 22.0. The molecule has 1 aliphatic heterocycles. The van der Waals surface area contributed by atoms with Crippen molar-refractivity contribution in [1.29, 1.82) is 0 Å². The number of carbonyl (C=O) groups excluding carboxylic acids is 1. The molecule has 1 amide bonds. The fourth-order valence-corrected chi connectivity index (χ4v) is 2.79. The zero-order valence-electron chi connectivity index (χ0n) is 11.6. The van der Waals surface area contributed by atoms with E-state index in [0.717, 1.165) is 12.8 Å². The highest BCUT2D eigenvalue weighted by molar-refractivity contribution is 5.96. The molecule has 1 saturated heterocycles. The SMILES string of the molecule is O=C(c1ccncc1O)N1CCC(c2ccncc2)CC1. The Hall–Kier alpha value is -2.43. The average molecular weight is 283 g/mol. The first kappa shape index (κ1) is 13.5. The van der Waals surface area contributed by atoms with Gasteiger partial charge in [-0.3, -0.25) is 14.8 Å². The summed E-state index contributed by atoms with van der Waals surface area (Å²) in [7, 11) is 0. The number of aromatic hydroxyl groups is 1. The molecule has 5 heteroatoms. The molecule has 0 aromatic carbocycles. The van der Waals surface area contributed by atoms with Gasteiger partial charge >= 0.3 is 0 Å². The molecule has 0 bridgehead atoms. The molecule has 3 heterocycles. The van der Waals surface area contributed by atoms with Gasteiger partial charge in [0.25, 0.3) is 5.91 Å². The van der Waals surface area contributed by atoms with Crippen molar-refractivity contribution >= 4 is 5.91 Å². The molecule has 21 heavy (non-hydrogen) atoms. The number of piperidine rings is 1. The molecule has 1 aliphatic rings. The van der Waals surface area contributed by atoms with Gasteiger partial charge in [-0.25, -0.2) is 0 Å². The molecular formula is C16H17N3O2. The molecule has 5 nitrogen and oxygen atoms in total. The Bertz CT molecular complexity index is 622. The molecule has 0 saturated carbocycles. The minimum atomic E-state index is -0.122. The molecule has 1 fully saturated rings. The van der Waals surface area contributed by atoms with Crippen molar-refractivity contribution in [3.05, 3.63) is 54.1 Å². The van der Waals surface area contributed by atoms with Gasteiger partial charge < -0.3 is 10.0 Å². The lowest BCUT2D eigenvalue weighted by Gasteiger charge is -2.32. The van der Waals surface area contributed by atoms with Crippen LogP contribution in [0.4, 0.5) is 0 Å². The van der Waals surface area contributed by atoms with E-state index >= 15 is 0 Å². The highest BCUT2D eigenvalue weighted by Crippen LogP contribution is 2.28. The van der Waals surface area contributed by atoms with Gasteiger partial charge in [-0.15, -0.1) is 0 Å². The summed E-state index contributed by atoms with van der Waals surface area (Å²) < 4.78 is 0. The predicted octanol–water partition coefficient (Wildman–Crippen LogP) is 2.20. The van der Waals surface area contributed by atoms with Gasteiger partial charge in [-0.1, -0.05) is 0 Å². The molecule has 0 atom stereocenters. The Morgan fingerprint density at radius 2 is 1.76 bits per heavy atom. The van der Waals surface area contributed by atoms with Gasteiger partial charge in [0.05, 0.1) is 11.8 Å². The van der Waals surface area contributed by atoms with Crippen LogP contribution in [-0.4, -0.2) is 39.0 Å². The lowest BCUT2D eigenvalue weighted by molar-refractivity contribution is 0.0710. The average Bonchev–Trinajstić information content (AvgIpc) is 2.56. The molecule has 108 valence electrons. The van der Waals surface area contributed by atoms with Gasteiger partial charge in [-0.05, 0) is 42.5 Å². The van der Waals surface area contributed by atoms with E-state index in [9.17, 15) is 9.90 Å². The molecule has 3 rings (SSSR count). The number of likely N-dealkylation sites (tertiary alicyclic amines) is 1. The maximum Gasteiger partial charge on any atom is 0.257 e. The first-order valence-electron chi connectivity index (χ1n) is 7.08. The van der Waals surface area contributed by atoms with Crippen molar-refractivity contribution in [3.63, 3.8) is 0 Å². The van der Waals surface area contributed by atoms with Crippen molar-refractivity contribution < 1.29 is 9.90 Å². The number of aromatic nitrogens is 2. The third kappa shape index (κ3) is 2.86. The lowest BCUT2D eigenvalue weighted by Crippen LogP contribution is -2.37. The van der Waals surface area contributed by atoms with E-state index in [1.54, 1.807) is 11.0 Å². The van der Waals surface area contributed by atoms with Crippen LogP contribution in [0, 0.1) is 0 Å². The lowest BCUT2D eigenvalue weighted by atomic mass is 9.90. The first-order chi connectivity index (χ1) is 10.3. The van der Waals surface area contributed by atoms with Crippen LogP contribution in [0.1, 0.15) is 34.7 Å². The Kier molecular flexibility index (Phi) is 3.81. The Labute approximate surface area is 123 Å². The molecule has 2 aromatic rings. The second kappa shape index (κ2) is 5.91. The van der Waals surface area contributed by atoms with Crippen molar-refractivity contribution in [1.82, 2.24) is 14.9 Å². The van der Waals surface area contributed by atoms with Crippen molar-refractivity contribution in [2.24, 2.45) is 0 Å². The van der Waals surface area contributed by atoms with E-state index in [0.29, 0.717) is 24.6 Å². The van der Waals surface area contributed by atoms with Crippen molar-refractivity contribution in [3.8, 4) is 5.75 Å². The van der Waals surface area contributed by atoms with E-state index in [2.05, 4.69) is 9.97 Å². The molecule has 1 N–H and O–H groups in total. The Morgan fingerprint density at radius 3 is 2.43 bits per heavy atom. The van der Waals surface area contributed by atoms with Crippen LogP contribution in [0.3, 0.4) is 0 Å². The number of amides is 1. The maximum absolute atomic E-state index is 12.4. The second-order valence-electron chi connectivity index (χ2n) is 5.24. The van der Waals surface area contributed by atoms with Crippen molar-refractivity contribution in [2.45, 2.75) is 18.8 Å². The van der Waals surface area contributed by atoms with E-state index in [4.69, 9.17) is 0 Å². The van der Waals surface area contributed by atoms with Crippen LogP contribution in [0.2, 0.25) is 0 Å². The summed E-state index contributed by atoms with van der Waals surface area (Å²) in [6, 6.07) is 5.64. The fraction of sp³-hybridized carbons (Fsp3) is 0.312. The molecule has 0 radical (unpaired) electrons. The summed E-state index contributed by atoms with van der Waals surface area (Å²) in [6.45, 7) is 1.40. The van der Waals surface area contributed by atoms with Crippen molar-refractivity contribution in [2.75, 3.05) is 13.1 Å². The quantitative estimate of drug-likeness (QED) is 0.917. The smallest absolute Gasteiger partial charge is 0.257 e. The van der Waals surface area contributed by atoms with Gasteiger partial charge in [0.2, 0.25) is 0 Å². The van der Waals surface area contributed by atoms with Gasteiger partial charge in [0, 0.05) is 31.7 Å². The molecule has 0 unspecified atom stereocenters. The van der Waals surface area contributed by atoms with Crippen LogP contribution in [0.25, 0.3) is 0 Å². The Morgan fingerprint density at radius 1 is 1.10 bits per heavy atom. The number of hydrogen-bond donors (Lipinski definition) is 1. The van der Waals surface area contributed by atoms with Crippen LogP contribution in [-0.2, 0) is 0 Å². The summed E-state index contributed by atoms with van der Waals surface area (Å²) >= 11 is 0. The third-order valence-corrected chi connectivity index (χ3v) is 3.99. The van der Waals surface area contributed by atoms with Gasteiger partial charge in [-0.2, -0.15) is 0 Å². The second-order valence-corrected chi connectivity index (χ2v) is 5.24. The van der Waals surface area contributed by atoms with E-state index in [-0.39, 0.29) is 11.7 Å². The molecule has 0 spiro atoms. The number of nitrogens with zero attached hydrogens (tertiary/aromatic N) is 3. The van der Waals surface area contributed by atoms with Crippen LogP contribution >= 0.6 is 0 Å². The van der Waals surface area contributed by atoms with Crippen LogP contribution in [0.15, 0.2) is 43.0 Å². The van der Waals surface area contributed by atoms with E-state index in [1.165, 1.54) is 18.0 Å². The van der Waals surface area contributed by atoms with E-state index in [1.807, 2.05) is 24.5 Å². The maximum atomic E-state index is 12.4. The predicted molar refractivity (Wildman–Crippen MR) is 78.0 cm³/mol. The monoisotopic (exact) mass is 283 g/mol. The first-order valence-corrected chi connectivity index (χ1v) is 7.08. The normalized spacial score (nSPS) is 15.9. The number of carbonyl (C=O) groups is 1. The number of hydrogen-bond acceptors (Lipinski definition) is 4. The number of pyridine rings is 2. The Balaban J connectivity index is 1.66. The highest BCUT2D eigenvalue weighted by atomic mass is 16.3. The topological polar surface area (TPSA) is 66.3 Å². The van der Waals surface area contributed by atoms with Crippen LogP contribution in [0.5, 0.6) is 5.75 Å². The fourth-order valence-electron chi connectivity index (χ4n) is 2.79. The molecular weight excluding hydrogens is 266 g/mol. The number of rotatable bonds is 2. The third-order valence-electron chi connectivity index (χ3n) is 3.99. The van der Waals surface area contributed by atoms with Gasteiger partial charge in [0.1, 0.15) is 5.75 Å². The van der Waals surface area contributed by atoms with E-state index < -0.39 is 0 Å². The minimum Gasteiger partial charge on any atom is -0.505 e. The molecule has 0 aliphatic carbocycles. The highest BCUT2D eigenvalue weighted by Gasteiger charge is 2.25. The summed E-state index contributed by atoms with van der Waals surface area (Å²) in [5.74, 6) is 0.296. The zero-order chi connectivity index (χ0) is 14.7. The van der Waals surface area contributed by atoms with Crippen LogP contribution < -0.4 is 0 Å². The summed E-state index contributed by atoms with van der Waals surface area (Å²) in [5.41, 5.74) is 1.61.